The molecule has 0 saturated heterocycles. The highest BCUT2D eigenvalue weighted by molar-refractivity contribution is 8.06. The van der Waals surface area contributed by atoms with Crippen molar-refractivity contribution in [3.8, 4) is 6.07 Å². The van der Waals surface area contributed by atoms with Crippen LogP contribution in [0.1, 0.15) is 11.3 Å². The lowest BCUT2D eigenvalue weighted by Gasteiger charge is -2.08. The molecule has 7 heteroatoms. The van der Waals surface area contributed by atoms with E-state index in [1.54, 1.807) is 6.07 Å². The van der Waals surface area contributed by atoms with Gasteiger partial charge in [0.05, 0.1) is 16.4 Å². The quantitative estimate of drug-likeness (QED) is 0.648. The minimum absolute atomic E-state index is 0.105. The van der Waals surface area contributed by atoms with Gasteiger partial charge in [0.15, 0.2) is 0 Å². The molecule has 0 radical (unpaired) electrons. The maximum atomic E-state index is 9.43. The molecule has 1 N–H and O–H groups in total. The number of allylic oxidation sites excluding steroid dienone is 1. The molecule has 0 spiro atoms. The van der Waals surface area contributed by atoms with E-state index in [0.717, 1.165) is 11.3 Å². The summed E-state index contributed by atoms with van der Waals surface area (Å²) in [5.74, 6) is 0. The lowest BCUT2D eigenvalue weighted by Crippen LogP contribution is -2.07. The van der Waals surface area contributed by atoms with E-state index in [4.69, 9.17) is 23.2 Å². The van der Waals surface area contributed by atoms with Gasteiger partial charge < -0.3 is 5.32 Å². The summed E-state index contributed by atoms with van der Waals surface area (Å²) < 4.78 is 0. The van der Waals surface area contributed by atoms with E-state index < -0.39 is 0 Å². The smallest absolute Gasteiger partial charge is 0.222 e. The van der Waals surface area contributed by atoms with E-state index in [0.29, 0.717) is 21.3 Å². The van der Waals surface area contributed by atoms with Crippen LogP contribution >= 0.6 is 35.0 Å². The Kier molecular flexibility index (Phi) is 4.34. The first kappa shape index (κ1) is 14.9. The molecule has 4 nitrogen and oxygen atoms in total. The molecule has 1 aliphatic rings. The Morgan fingerprint density at radius 1 is 1.23 bits per heavy atom. The molecule has 22 heavy (non-hydrogen) atoms. The van der Waals surface area contributed by atoms with Gasteiger partial charge in [0.25, 0.3) is 0 Å². The van der Waals surface area contributed by atoms with Crippen LogP contribution in [0.4, 0.5) is 0 Å². The molecule has 0 fully saturated rings. The van der Waals surface area contributed by atoms with Crippen molar-refractivity contribution in [1.29, 1.82) is 5.26 Å². The van der Waals surface area contributed by atoms with Crippen molar-refractivity contribution < 1.29 is 0 Å². The van der Waals surface area contributed by atoms with Gasteiger partial charge in [-0.25, -0.2) is 9.97 Å². The van der Waals surface area contributed by atoms with Crippen molar-refractivity contribution in [2.24, 2.45) is 0 Å². The number of aromatic nitrogens is 2. The maximum absolute atomic E-state index is 9.43. The van der Waals surface area contributed by atoms with Crippen molar-refractivity contribution in [2.45, 2.75) is 0 Å². The van der Waals surface area contributed by atoms with Gasteiger partial charge in [0.1, 0.15) is 11.6 Å². The summed E-state index contributed by atoms with van der Waals surface area (Å²) in [4.78, 5) is 7.90. The third-order valence-corrected chi connectivity index (χ3v) is 4.34. The molecule has 0 amide bonds. The predicted molar refractivity (Wildman–Crippen MR) is 89.7 cm³/mol. The Labute approximate surface area is 141 Å². The van der Waals surface area contributed by atoms with Crippen LogP contribution in [0.15, 0.2) is 47.0 Å². The highest BCUT2D eigenvalue weighted by Gasteiger charge is 2.19. The number of thioether (sulfide) groups is 1. The Balaban J connectivity index is 1.95. The largest absolute Gasteiger partial charge is 0.348 e. The molecule has 3 rings (SSSR count). The first-order chi connectivity index (χ1) is 10.7. The normalized spacial score (nSPS) is 15.8. The highest BCUT2D eigenvalue weighted by Crippen LogP contribution is 2.36. The Morgan fingerprint density at radius 3 is 2.77 bits per heavy atom. The minimum atomic E-state index is 0.105. The molecular formula is C15H8Cl2N4S. The first-order valence-corrected chi connectivity index (χ1v) is 7.84. The second-order valence-corrected chi connectivity index (χ2v) is 5.91. The van der Waals surface area contributed by atoms with Gasteiger partial charge in [-0.2, -0.15) is 5.26 Å². The van der Waals surface area contributed by atoms with Gasteiger partial charge in [-0.1, -0.05) is 41.6 Å². The number of halogens is 2. The SMILES string of the molecule is N#CC(=C1NC(c2ccccc2Cl)=CS1)c1ccnc(Cl)n1. The summed E-state index contributed by atoms with van der Waals surface area (Å²) in [5.41, 5.74) is 2.61. The van der Waals surface area contributed by atoms with Crippen LogP contribution in [0.3, 0.4) is 0 Å². The maximum Gasteiger partial charge on any atom is 0.222 e. The van der Waals surface area contributed by atoms with Crippen LogP contribution in [-0.2, 0) is 0 Å². The number of rotatable bonds is 2. The highest BCUT2D eigenvalue weighted by atomic mass is 35.5. The first-order valence-electron chi connectivity index (χ1n) is 6.21. The Hall–Kier alpha value is -2.00. The molecule has 1 aromatic heterocycles. The summed E-state index contributed by atoms with van der Waals surface area (Å²) in [6, 6.07) is 11.3. The summed E-state index contributed by atoms with van der Waals surface area (Å²) in [6.45, 7) is 0. The van der Waals surface area contributed by atoms with Crippen LogP contribution in [-0.4, -0.2) is 9.97 Å². The van der Waals surface area contributed by atoms with Crippen LogP contribution in [0, 0.1) is 11.3 Å². The van der Waals surface area contributed by atoms with E-state index in [2.05, 4.69) is 21.4 Å². The molecule has 1 aliphatic heterocycles. The summed E-state index contributed by atoms with van der Waals surface area (Å²) in [5, 5.41) is 16.0. The fraction of sp³-hybridized carbons (Fsp3) is 0. The molecule has 0 atom stereocenters. The number of nitrogens with one attached hydrogen (secondary N) is 1. The van der Waals surface area contributed by atoms with E-state index in [-0.39, 0.29) is 5.28 Å². The minimum Gasteiger partial charge on any atom is -0.348 e. The number of hydrogen-bond acceptors (Lipinski definition) is 5. The number of nitriles is 1. The molecule has 0 saturated carbocycles. The predicted octanol–water partition coefficient (Wildman–Crippen LogP) is 4.31. The van der Waals surface area contributed by atoms with Crippen molar-refractivity contribution >= 4 is 46.2 Å². The number of benzene rings is 1. The van der Waals surface area contributed by atoms with Gasteiger partial charge in [0, 0.05) is 22.2 Å². The molecular weight excluding hydrogens is 339 g/mol. The molecule has 0 bridgehead atoms. The molecule has 2 heterocycles. The zero-order chi connectivity index (χ0) is 15.5. The zero-order valence-electron chi connectivity index (χ0n) is 11.0. The van der Waals surface area contributed by atoms with Crippen molar-refractivity contribution in [2.75, 3.05) is 0 Å². The van der Waals surface area contributed by atoms with Crippen LogP contribution in [0.25, 0.3) is 11.3 Å². The number of nitrogens with zero attached hydrogens (tertiary/aromatic N) is 3. The van der Waals surface area contributed by atoms with Gasteiger partial charge in [-0.15, -0.1) is 0 Å². The van der Waals surface area contributed by atoms with Gasteiger partial charge in [-0.05, 0) is 23.7 Å². The summed E-state index contributed by atoms with van der Waals surface area (Å²) in [6.07, 6.45) is 1.52. The second-order valence-electron chi connectivity index (χ2n) is 4.28. The average molecular weight is 347 g/mol. The van der Waals surface area contributed by atoms with Gasteiger partial charge in [-0.3, -0.25) is 0 Å². The van der Waals surface area contributed by atoms with E-state index in [9.17, 15) is 5.26 Å². The topological polar surface area (TPSA) is 61.6 Å². The standard InChI is InChI=1S/C15H8Cl2N4S/c16-11-4-2-1-3-9(11)13-8-22-14(20-13)10(7-18)12-5-6-19-15(17)21-12/h1-6,8,20H. The third kappa shape index (κ3) is 2.95. The van der Waals surface area contributed by atoms with E-state index >= 15 is 0 Å². The van der Waals surface area contributed by atoms with Crippen molar-refractivity contribution in [3.05, 3.63) is 68.5 Å². The monoisotopic (exact) mass is 346 g/mol. The van der Waals surface area contributed by atoms with Crippen LogP contribution in [0.2, 0.25) is 10.3 Å². The van der Waals surface area contributed by atoms with Crippen molar-refractivity contribution in [3.63, 3.8) is 0 Å². The van der Waals surface area contributed by atoms with Crippen LogP contribution < -0.4 is 5.32 Å². The zero-order valence-corrected chi connectivity index (χ0v) is 13.4. The molecule has 1 aromatic carbocycles. The average Bonchev–Trinajstić information content (AvgIpc) is 2.98. The number of hydrogen-bond donors (Lipinski definition) is 1. The lowest BCUT2D eigenvalue weighted by molar-refractivity contribution is 1.13. The second kappa shape index (κ2) is 6.41. The lowest BCUT2D eigenvalue weighted by atomic mass is 10.1. The van der Waals surface area contributed by atoms with E-state index in [1.165, 1.54) is 18.0 Å². The van der Waals surface area contributed by atoms with E-state index in [1.807, 2.05) is 29.7 Å². The van der Waals surface area contributed by atoms with Crippen LogP contribution in [0.5, 0.6) is 0 Å². The Bertz CT molecular complexity index is 839. The molecule has 0 aliphatic carbocycles. The fourth-order valence-corrected chi connectivity index (χ4v) is 3.17. The molecule has 0 unspecified atom stereocenters. The van der Waals surface area contributed by atoms with Gasteiger partial charge in [0.2, 0.25) is 5.28 Å². The molecule has 2 aromatic rings. The third-order valence-electron chi connectivity index (χ3n) is 2.93. The Morgan fingerprint density at radius 2 is 2.05 bits per heavy atom. The fourth-order valence-electron chi connectivity index (χ4n) is 1.93. The van der Waals surface area contributed by atoms with Gasteiger partial charge >= 0.3 is 0 Å². The molecule has 108 valence electrons. The summed E-state index contributed by atoms with van der Waals surface area (Å²) in [7, 11) is 0. The van der Waals surface area contributed by atoms with Crippen molar-refractivity contribution in [1.82, 2.24) is 15.3 Å². The summed E-state index contributed by atoms with van der Waals surface area (Å²) >= 11 is 13.4.